The Hall–Kier alpha value is -3.69. The molecule has 7 nitrogen and oxygen atoms in total. The van der Waals surface area contributed by atoms with Crippen LogP contribution in [0, 0.1) is 5.82 Å². The maximum Gasteiger partial charge on any atom is 0.280 e. The van der Waals surface area contributed by atoms with Crippen LogP contribution in [0.3, 0.4) is 0 Å². The highest BCUT2D eigenvalue weighted by atomic mass is 19.3. The van der Waals surface area contributed by atoms with Gasteiger partial charge < -0.3 is 10.2 Å². The van der Waals surface area contributed by atoms with Gasteiger partial charge in [-0.1, -0.05) is 6.07 Å². The number of carbonyl (C=O) groups is 1. The van der Waals surface area contributed by atoms with Crippen molar-refractivity contribution in [1.29, 1.82) is 0 Å². The minimum absolute atomic E-state index is 0.0647. The van der Waals surface area contributed by atoms with Gasteiger partial charge in [-0.2, -0.15) is 0 Å². The molecular formula is C19H14F3N5O2. The van der Waals surface area contributed by atoms with E-state index in [4.69, 9.17) is 10.2 Å². The molecule has 1 unspecified atom stereocenters. The third kappa shape index (κ3) is 2.84. The number of benzene rings is 1. The number of guanidine groups is 1. The number of carbonyl (C=O) groups excluding carboxylic acids is 1. The van der Waals surface area contributed by atoms with Crippen LogP contribution in [-0.2, 0) is 10.3 Å². The molecule has 0 saturated heterocycles. The van der Waals surface area contributed by atoms with Gasteiger partial charge >= 0.3 is 0 Å². The van der Waals surface area contributed by atoms with Crippen LogP contribution in [-0.4, -0.2) is 33.8 Å². The van der Waals surface area contributed by atoms with Gasteiger partial charge in [0.25, 0.3) is 12.3 Å². The average molecular weight is 401 g/mol. The SMILES string of the molecule is CN1C(=O)C(c2ccnc(C(F)F)c2)(c2ccc(F)c(-c3cocn3)c2)N=C1N. The summed E-state index contributed by atoms with van der Waals surface area (Å²) in [5.74, 6) is -1.27. The molecule has 2 N–H and O–H groups in total. The molecule has 2 aromatic heterocycles. The van der Waals surface area contributed by atoms with Crippen LogP contribution in [0.25, 0.3) is 11.3 Å². The number of alkyl halides is 2. The number of oxazole rings is 1. The Labute approximate surface area is 162 Å². The number of amides is 1. The first-order valence-corrected chi connectivity index (χ1v) is 8.41. The molecule has 0 spiro atoms. The van der Waals surface area contributed by atoms with Gasteiger partial charge in [-0.3, -0.25) is 14.7 Å². The lowest BCUT2D eigenvalue weighted by atomic mass is 9.82. The molecule has 0 fully saturated rings. The molecule has 1 aliphatic heterocycles. The number of rotatable bonds is 4. The van der Waals surface area contributed by atoms with E-state index in [-0.39, 0.29) is 28.3 Å². The van der Waals surface area contributed by atoms with Crippen molar-refractivity contribution < 1.29 is 22.4 Å². The summed E-state index contributed by atoms with van der Waals surface area (Å²) in [6.07, 6.45) is 0.704. The zero-order chi connectivity index (χ0) is 20.8. The number of halogens is 3. The maximum absolute atomic E-state index is 14.4. The molecule has 1 aromatic carbocycles. The molecule has 0 saturated carbocycles. The summed E-state index contributed by atoms with van der Waals surface area (Å²) < 4.78 is 45.8. The summed E-state index contributed by atoms with van der Waals surface area (Å²) >= 11 is 0. The van der Waals surface area contributed by atoms with Crippen molar-refractivity contribution >= 4 is 11.9 Å². The van der Waals surface area contributed by atoms with Gasteiger partial charge in [-0.15, -0.1) is 0 Å². The molecule has 1 amide bonds. The van der Waals surface area contributed by atoms with E-state index in [0.717, 1.165) is 29.6 Å². The Bertz CT molecular complexity index is 1120. The van der Waals surface area contributed by atoms with Crippen molar-refractivity contribution in [3.63, 3.8) is 0 Å². The number of nitrogens with two attached hydrogens (primary N) is 1. The molecule has 148 valence electrons. The molecule has 4 rings (SSSR count). The first-order valence-electron chi connectivity index (χ1n) is 8.41. The molecule has 3 aromatic rings. The van der Waals surface area contributed by atoms with Crippen LogP contribution in [0.2, 0.25) is 0 Å². The normalized spacial score (nSPS) is 19.1. The van der Waals surface area contributed by atoms with Crippen LogP contribution in [0.15, 0.2) is 58.6 Å². The second-order valence-corrected chi connectivity index (χ2v) is 6.38. The Balaban J connectivity index is 1.98. The Kier molecular flexibility index (Phi) is 4.33. The lowest BCUT2D eigenvalue weighted by Gasteiger charge is -2.26. The molecule has 1 aliphatic rings. The fraction of sp³-hybridized carbons (Fsp3) is 0.158. The topological polar surface area (TPSA) is 97.6 Å². The second kappa shape index (κ2) is 6.73. The van der Waals surface area contributed by atoms with Crippen LogP contribution in [0.1, 0.15) is 23.2 Å². The maximum atomic E-state index is 14.4. The van der Waals surface area contributed by atoms with Crippen molar-refractivity contribution in [1.82, 2.24) is 14.9 Å². The zero-order valence-electron chi connectivity index (χ0n) is 15.0. The fourth-order valence-electron chi connectivity index (χ4n) is 3.27. The third-order valence-corrected chi connectivity index (χ3v) is 4.75. The number of nitrogens with zero attached hydrogens (tertiary/aromatic N) is 4. The summed E-state index contributed by atoms with van der Waals surface area (Å²) in [5.41, 5.74) is 4.23. The molecule has 3 heterocycles. The standard InChI is InChI=1S/C19H14F3N5O2/c1-27-17(28)19(26-18(27)23,11-4-5-24-14(7-11)16(21)22)10-2-3-13(20)12(6-10)15-8-29-9-25-15/h2-9,16H,1H3,(H2,23,26). The average Bonchev–Trinajstić information content (AvgIpc) is 3.32. The summed E-state index contributed by atoms with van der Waals surface area (Å²) in [5, 5.41) is 0. The van der Waals surface area contributed by atoms with E-state index >= 15 is 0 Å². The van der Waals surface area contributed by atoms with E-state index in [1.165, 1.54) is 31.5 Å². The van der Waals surface area contributed by atoms with Crippen LogP contribution in [0.4, 0.5) is 13.2 Å². The van der Waals surface area contributed by atoms with Crippen molar-refractivity contribution in [2.45, 2.75) is 12.0 Å². The van der Waals surface area contributed by atoms with Gasteiger partial charge in [-0.05, 0) is 35.4 Å². The van der Waals surface area contributed by atoms with Gasteiger partial charge in [-0.25, -0.2) is 23.1 Å². The number of pyridine rings is 1. The smallest absolute Gasteiger partial charge is 0.280 e. The first kappa shape index (κ1) is 18.7. The monoisotopic (exact) mass is 401 g/mol. The van der Waals surface area contributed by atoms with Crippen molar-refractivity contribution in [2.75, 3.05) is 7.05 Å². The van der Waals surface area contributed by atoms with Gasteiger partial charge in [0.2, 0.25) is 0 Å². The van der Waals surface area contributed by atoms with Gasteiger partial charge in [0.05, 0.1) is 0 Å². The van der Waals surface area contributed by atoms with Gasteiger partial charge in [0.15, 0.2) is 17.9 Å². The predicted molar refractivity (Wildman–Crippen MR) is 96.3 cm³/mol. The number of likely N-dealkylation sites (N-methyl/N-ethyl adjacent to an activating group) is 1. The summed E-state index contributed by atoms with van der Waals surface area (Å²) in [6.45, 7) is 0. The summed E-state index contributed by atoms with van der Waals surface area (Å²) in [7, 11) is 1.42. The molecule has 1 atom stereocenters. The van der Waals surface area contributed by atoms with E-state index in [9.17, 15) is 18.0 Å². The van der Waals surface area contributed by atoms with E-state index < -0.39 is 29.4 Å². The fourth-order valence-corrected chi connectivity index (χ4v) is 3.27. The van der Waals surface area contributed by atoms with Crippen LogP contribution in [0.5, 0.6) is 0 Å². The number of aromatic nitrogens is 2. The summed E-state index contributed by atoms with van der Waals surface area (Å²) in [4.78, 5) is 26.2. The number of hydrogen-bond acceptors (Lipinski definition) is 6. The highest BCUT2D eigenvalue weighted by Crippen LogP contribution is 2.41. The third-order valence-electron chi connectivity index (χ3n) is 4.75. The number of aliphatic imine (C=N–C) groups is 1. The van der Waals surface area contributed by atoms with E-state index in [0.29, 0.717) is 0 Å². The Morgan fingerprint density at radius 3 is 2.55 bits per heavy atom. The van der Waals surface area contributed by atoms with Crippen LogP contribution < -0.4 is 5.73 Å². The summed E-state index contributed by atoms with van der Waals surface area (Å²) in [6, 6.07) is 6.38. The zero-order valence-corrected chi connectivity index (χ0v) is 15.0. The van der Waals surface area contributed by atoms with E-state index in [1.807, 2.05) is 0 Å². The lowest BCUT2D eigenvalue weighted by molar-refractivity contribution is -0.129. The van der Waals surface area contributed by atoms with Gasteiger partial charge in [0, 0.05) is 18.8 Å². The quantitative estimate of drug-likeness (QED) is 0.725. The molecular weight excluding hydrogens is 387 g/mol. The first-order chi connectivity index (χ1) is 13.8. The second-order valence-electron chi connectivity index (χ2n) is 6.38. The Morgan fingerprint density at radius 1 is 1.17 bits per heavy atom. The molecule has 10 heteroatoms. The molecule has 29 heavy (non-hydrogen) atoms. The van der Waals surface area contributed by atoms with E-state index in [2.05, 4.69) is 15.0 Å². The minimum Gasteiger partial charge on any atom is -0.451 e. The van der Waals surface area contributed by atoms with Crippen LogP contribution >= 0.6 is 0 Å². The highest BCUT2D eigenvalue weighted by molar-refractivity contribution is 6.09. The highest BCUT2D eigenvalue weighted by Gasteiger charge is 2.50. The largest absolute Gasteiger partial charge is 0.451 e. The minimum atomic E-state index is -2.85. The van der Waals surface area contributed by atoms with Crippen molar-refractivity contribution in [3.05, 3.63) is 71.8 Å². The number of hydrogen-bond donors (Lipinski definition) is 1. The Morgan fingerprint density at radius 2 is 1.93 bits per heavy atom. The predicted octanol–water partition coefficient (Wildman–Crippen LogP) is 2.84. The molecule has 0 aliphatic carbocycles. The van der Waals surface area contributed by atoms with Crippen molar-refractivity contribution in [2.24, 2.45) is 10.7 Å². The van der Waals surface area contributed by atoms with Gasteiger partial charge in [0.1, 0.15) is 23.5 Å². The molecule has 0 bridgehead atoms. The van der Waals surface area contributed by atoms with E-state index in [1.54, 1.807) is 0 Å². The van der Waals surface area contributed by atoms with Crippen molar-refractivity contribution in [3.8, 4) is 11.3 Å². The molecule has 0 radical (unpaired) electrons. The lowest BCUT2D eigenvalue weighted by Crippen LogP contribution is -2.41.